The van der Waals surface area contributed by atoms with Crippen molar-refractivity contribution in [2.24, 2.45) is 0 Å². The van der Waals surface area contributed by atoms with Gasteiger partial charge in [0.15, 0.2) is 0 Å². The third-order valence-corrected chi connectivity index (χ3v) is 1.25. The van der Waals surface area contributed by atoms with E-state index in [1.807, 2.05) is 0 Å². The first-order chi connectivity index (χ1) is 5.60. The monoisotopic (exact) mass is 220 g/mol. The molecular formula is C5H8F3O4P. The summed E-state index contributed by atoms with van der Waals surface area (Å²) in [5.74, 6) is 0. The Hall–Kier alpha value is -0.520. The Labute approximate surface area is 72.3 Å². The zero-order valence-electron chi connectivity index (χ0n) is 6.58. The summed E-state index contributed by atoms with van der Waals surface area (Å²) in [6.07, 6.45) is -5.25. The maximum absolute atomic E-state index is 11.6. The van der Waals surface area contributed by atoms with Crippen LogP contribution in [0.3, 0.4) is 0 Å². The van der Waals surface area contributed by atoms with Crippen molar-refractivity contribution in [3.63, 3.8) is 0 Å². The molecule has 0 radical (unpaired) electrons. The molecule has 4 nitrogen and oxygen atoms in total. The first-order valence-electron chi connectivity index (χ1n) is 3.06. The number of phosphoric acid groups is 1. The van der Waals surface area contributed by atoms with Gasteiger partial charge in [0.2, 0.25) is 0 Å². The molecule has 8 heteroatoms. The van der Waals surface area contributed by atoms with Crippen LogP contribution in [0.25, 0.3) is 0 Å². The largest absolute Gasteiger partial charge is 0.524 e. The fourth-order valence-electron chi connectivity index (χ4n) is 0.516. The zero-order valence-corrected chi connectivity index (χ0v) is 7.47. The molecule has 0 amide bonds. The highest BCUT2D eigenvalue weighted by atomic mass is 31.2. The normalized spacial score (nSPS) is 14.5. The number of hydrogen-bond acceptors (Lipinski definition) is 2. The molecule has 0 bridgehead atoms. The molecule has 0 aliphatic rings. The van der Waals surface area contributed by atoms with E-state index in [1.54, 1.807) is 0 Å². The van der Waals surface area contributed by atoms with Crippen LogP contribution in [0, 0.1) is 0 Å². The van der Waals surface area contributed by atoms with E-state index in [0.717, 1.165) is 6.92 Å². The molecule has 0 rings (SSSR count). The van der Waals surface area contributed by atoms with Crippen molar-refractivity contribution in [2.45, 2.75) is 19.5 Å². The number of hydrogen-bond donors (Lipinski definition) is 2. The van der Waals surface area contributed by atoms with Gasteiger partial charge in [0.05, 0.1) is 12.7 Å². The summed E-state index contributed by atoms with van der Waals surface area (Å²) in [5, 5.41) is 0. The van der Waals surface area contributed by atoms with Gasteiger partial charge in [-0.1, -0.05) is 0 Å². The lowest BCUT2D eigenvalue weighted by Crippen LogP contribution is -2.07. The Morgan fingerprint density at radius 3 is 2.31 bits per heavy atom. The molecule has 0 unspecified atom stereocenters. The van der Waals surface area contributed by atoms with Crippen molar-refractivity contribution in [1.29, 1.82) is 0 Å². The highest BCUT2D eigenvalue weighted by Crippen LogP contribution is 2.37. The van der Waals surface area contributed by atoms with Crippen LogP contribution in [0.15, 0.2) is 11.8 Å². The van der Waals surface area contributed by atoms with E-state index < -0.39 is 20.4 Å². The molecule has 0 aromatic carbocycles. The third-order valence-electron chi connectivity index (χ3n) is 0.870. The van der Waals surface area contributed by atoms with Crippen LogP contribution in [-0.4, -0.2) is 16.0 Å². The second kappa shape index (κ2) is 4.13. The second-order valence-electron chi connectivity index (χ2n) is 2.35. The smallest absolute Gasteiger partial charge is 0.412 e. The zero-order chi connectivity index (χ0) is 10.7. The molecule has 0 aliphatic carbocycles. The molecule has 0 saturated carbocycles. The summed E-state index contributed by atoms with van der Waals surface area (Å²) in [4.78, 5) is 16.3. The summed E-state index contributed by atoms with van der Waals surface area (Å²) in [7, 11) is -4.73. The van der Waals surface area contributed by atoms with Crippen molar-refractivity contribution >= 4 is 7.82 Å². The summed E-state index contributed by atoms with van der Waals surface area (Å²) in [5.41, 5.74) is -0.309. The summed E-state index contributed by atoms with van der Waals surface area (Å²) < 4.78 is 48.7. The number of alkyl halides is 3. The highest BCUT2D eigenvalue weighted by molar-refractivity contribution is 7.46. The van der Waals surface area contributed by atoms with Gasteiger partial charge in [-0.25, -0.2) is 4.57 Å². The van der Waals surface area contributed by atoms with Crippen LogP contribution in [0.2, 0.25) is 0 Å². The average Bonchev–Trinajstić information content (AvgIpc) is 1.78. The van der Waals surface area contributed by atoms with E-state index >= 15 is 0 Å². The molecule has 0 fully saturated rings. The van der Waals surface area contributed by atoms with Crippen LogP contribution >= 0.6 is 7.82 Å². The summed E-state index contributed by atoms with van der Waals surface area (Å²) >= 11 is 0. The highest BCUT2D eigenvalue weighted by Gasteiger charge is 2.27. The fourth-order valence-corrected chi connectivity index (χ4v) is 0.834. The van der Waals surface area contributed by atoms with Crippen molar-refractivity contribution < 1.29 is 32.0 Å². The quantitative estimate of drug-likeness (QED) is 0.563. The standard InChI is InChI=1S/C5H8F3O4P/c1-4(2-5(6,7)8)3-12-13(9,10)11/h3H,2H2,1H3,(H2,9,10,11). The predicted octanol–water partition coefficient (Wildman–Crippen LogP) is 1.95. The Morgan fingerprint density at radius 2 is 2.00 bits per heavy atom. The molecule has 0 aliphatic heterocycles. The van der Waals surface area contributed by atoms with Gasteiger partial charge < -0.3 is 4.52 Å². The SMILES string of the molecule is CC(=COP(=O)(O)O)CC(F)(F)F. The lowest BCUT2D eigenvalue weighted by molar-refractivity contribution is -0.127. The number of phosphoric ester groups is 1. The van der Waals surface area contributed by atoms with E-state index in [-0.39, 0.29) is 5.57 Å². The van der Waals surface area contributed by atoms with E-state index in [2.05, 4.69) is 4.52 Å². The first-order valence-corrected chi connectivity index (χ1v) is 4.59. The minimum Gasteiger partial charge on any atom is -0.412 e. The summed E-state index contributed by atoms with van der Waals surface area (Å²) in [6.45, 7) is 1.06. The topological polar surface area (TPSA) is 66.8 Å². The molecule has 0 aromatic rings. The number of rotatable bonds is 3. The maximum atomic E-state index is 11.6. The van der Waals surface area contributed by atoms with Crippen molar-refractivity contribution in [3.05, 3.63) is 11.8 Å². The average molecular weight is 220 g/mol. The first kappa shape index (κ1) is 12.5. The van der Waals surface area contributed by atoms with Crippen molar-refractivity contribution in [2.75, 3.05) is 0 Å². The Morgan fingerprint density at radius 1 is 1.54 bits per heavy atom. The van der Waals surface area contributed by atoms with Gasteiger partial charge in [0.1, 0.15) is 0 Å². The fraction of sp³-hybridized carbons (Fsp3) is 0.600. The van der Waals surface area contributed by atoms with Crippen LogP contribution in [0.5, 0.6) is 0 Å². The predicted molar refractivity (Wildman–Crippen MR) is 37.6 cm³/mol. The van der Waals surface area contributed by atoms with Crippen LogP contribution in [0.4, 0.5) is 13.2 Å². The Balaban J connectivity index is 4.13. The van der Waals surface area contributed by atoms with Gasteiger partial charge in [-0.2, -0.15) is 13.2 Å². The molecule has 0 aromatic heterocycles. The Kier molecular flexibility index (Phi) is 3.96. The molecule has 0 atom stereocenters. The van der Waals surface area contributed by atoms with E-state index in [4.69, 9.17) is 9.79 Å². The van der Waals surface area contributed by atoms with Crippen molar-refractivity contribution in [1.82, 2.24) is 0 Å². The van der Waals surface area contributed by atoms with E-state index in [9.17, 15) is 17.7 Å². The minimum absolute atomic E-state index is 0.309. The maximum Gasteiger partial charge on any atom is 0.524 e. The summed E-state index contributed by atoms with van der Waals surface area (Å²) in [6, 6.07) is 0. The van der Waals surface area contributed by atoms with Gasteiger partial charge in [0, 0.05) is 0 Å². The van der Waals surface area contributed by atoms with Crippen LogP contribution < -0.4 is 0 Å². The number of allylic oxidation sites excluding steroid dienone is 1. The molecule has 0 spiro atoms. The molecule has 13 heavy (non-hydrogen) atoms. The third kappa shape index (κ3) is 9.39. The molecule has 78 valence electrons. The van der Waals surface area contributed by atoms with Gasteiger partial charge in [-0.05, 0) is 12.5 Å². The lowest BCUT2D eigenvalue weighted by Gasteiger charge is -2.07. The van der Waals surface area contributed by atoms with Gasteiger partial charge >= 0.3 is 14.0 Å². The van der Waals surface area contributed by atoms with Gasteiger partial charge in [-0.15, -0.1) is 0 Å². The van der Waals surface area contributed by atoms with E-state index in [1.165, 1.54) is 0 Å². The van der Waals surface area contributed by atoms with E-state index in [0.29, 0.717) is 6.26 Å². The second-order valence-corrected chi connectivity index (χ2v) is 3.54. The molecule has 2 N–H and O–H groups in total. The van der Waals surface area contributed by atoms with Crippen LogP contribution in [-0.2, 0) is 9.09 Å². The molecular weight excluding hydrogens is 212 g/mol. The molecule has 0 heterocycles. The van der Waals surface area contributed by atoms with Crippen molar-refractivity contribution in [3.8, 4) is 0 Å². The number of halogens is 3. The minimum atomic E-state index is -4.73. The lowest BCUT2D eigenvalue weighted by atomic mass is 10.2. The van der Waals surface area contributed by atoms with Gasteiger partial charge in [-0.3, -0.25) is 9.79 Å². The van der Waals surface area contributed by atoms with Gasteiger partial charge in [0.25, 0.3) is 0 Å². The van der Waals surface area contributed by atoms with Crippen LogP contribution in [0.1, 0.15) is 13.3 Å². The Bertz CT molecular complexity index is 241. The molecule has 0 saturated heterocycles.